The Morgan fingerprint density at radius 3 is 2.72 bits per heavy atom. The third kappa shape index (κ3) is 4.32. The molecule has 0 amide bonds. The Kier molecular flexibility index (Phi) is 6.29. The van der Waals surface area contributed by atoms with Gasteiger partial charge in [0.2, 0.25) is 0 Å². The van der Waals surface area contributed by atoms with Gasteiger partial charge in [-0.1, -0.05) is 29.3 Å². The first-order valence-electron chi connectivity index (χ1n) is 8.68. The first-order valence-corrected chi connectivity index (χ1v) is 10.3. The molecule has 0 aliphatic carbocycles. The van der Waals surface area contributed by atoms with Gasteiger partial charge in [0, 0.05) is 23.5 Å². The van der Waals surface area contributed by atoms with Crippen LogP contribution in [0.5, 0.6) is 0 Å². The Bertz CT molecular complexity index is 682. The van der Waals surface area contributed by atoms with Gasteiger partial charge in [-0.3, -0.25) is 4.90 Å². The molecule has 1 aromatic carbocycles. The van der Waals surface area contributed by atoms with Crippen molar-refractivity contribution in [3.8, 4) is 0 Å². The van der Waals surface area contributed by atoms with Crippen LogP contribution < -0.4 is 11.1 Å². The number of hydrogen-bond donors (Lipinski definition) is 2. The Labute approximate surface area is 164 Å². The van der Waals surface area contributed by atoms with Gasteiger partial charge in [0.15, 0.2) is 0 Å². The molecule has 0 unspecified atom stereocenters. The Morgan fingerprint density at radius 2 is 2.08 bits per heavy atom. The van der Waals surface area contributed by atoms with E-state index in [1.807, 2.05) is 23.5 Å². The Balaban J connectivity index is 1.69. The fourth-order valence-corrected chi connectivity index (χ4v) is 5.17. The zero-order valence-corrected chi connectivity index (χ0v) is 17.0. The number of thiophene rings is 1. The number of rotatable bonds is 5. The average Bonchev–Trinajstić information content (AvgIpc) is 3.11. The molecule has 2 aromatic rings. The molecular weight excluding hydrogens is 373 g/mol. The smallest absolute Gasteiger partial charge is 0.0693 e. The summed E-state index contributed by atoms with van der Waals surface area (Å²) in [5, 5.41) is 6.88. The highest BCUT2D eigenvalue weighted by molar-refractivity contribution is 7.10. The number of likely N-dealkylation sites (tertiary alicyclic amines) is 1. The van der Waals surface area contributed by atoms with Crippen LogP contribution in [0.15, 0.2) is 29.6 Å². The molecule has 0 spiro atoms. The SMILES string of the molecule is C[C@H](NC[C@H]1CCCN(C)[C@@H]1c1cccs1)c1cc(Cl)c(N)c(Cl)c1. The van der Waals surface area contributed by atoms with Crippen molar-refractivity contribution in [2.45, 2.75) is 31.8 Å². The van der Waals surface area contributed by atoms with Crippen LogP contribution in [0.3, 0.4) is 0 Å². The molecule has 1 aromatic heterocycles. The van der Waals surface area contributed by atoms with Gasteiger partial charge in [-0.15, -0.1) is 11.3 Å². The zero-order chi connectivity index (χ0) is 18.0. The number of halogens is 2. The van der Waals surface area contributed by atoms with E-state index in [1.165, 1.54) is 17.7 Å². The minimum Gasteiger partial charge on any atom is -0.396 e. The molecule has 25 heavy (non-hydrogen) atoms. The predicted octanol–water partition coefficient (Wildman–Crippen LogP) is 5.37. The van der Waals surface area contributed by atoms with Gasteiger partial charge < -0.3 is 11.1 Å². The number of nitrogens with two attached hydrogens (primary N) is 1. The second kappa shape index (κ2) is 8.28. The summed E-state index contributed by atoms with van der Waals surface area (Å²) in [4.78, 5) is 3.95. The lowest BCUT2D eigenvalue weighted by Gasteiger charge is -2.39. The molecule has 1 fully saturated rings. The van der Waals surface area contributed by atoms with Crippen LogP contribution in [0.1, 0.15) is 42.3 Å². The first kappa shape index (κ1) is 19.0. The molecular formula is C19H25Cl2N3S. The number of nitrogen functional groups attached to an aromatic ring is 1. The van der Waals surface area contributed by atoms with E-state index >= 15 is 0 Å². The summed E-state index contributed by atoms with van der Waals surface area (Å²) >= 11 is 14.2. The van der Waals surface area contributed by atoms with Gasteiger partial charge in [0.1, 0.15) is 0 Å². The maximum absolute atomic E-state index is 6.18. The molecule has 6 heteroatoms. The van der Waals surface area contributed by atoms with E-state index in [4.69, 9.17) is 28.9 Å². The van der Waals surface area contributed by atoms with Crippen LogP contribution in [-0.4, -0.2) is 25.0 Å². The second-order valence-corrected chi connectivity index (χ2v) is 8.67. The van der Waals surface area contributed by atoms with E-state index in [0.717, 1.165) is 18.7 Å². The van der Waals surface area contributed by atoms with E-state index in [9.17, 15) is 0 Å². The molecule has 3 N–H and O–H groups in total. The van der Waals surface area contributed by atoms with Crippen LogP contribution in [0, 0.1) is 5.92 Å². The van der Waals surface area contributed by atoms with E-state index in [0.29, 0.717) is 27.7 Å². The monoisotopic (exact) mass is 397 g/mol. The molecule has 1 saturated heterocycles. The standard InChI is InChI=1S/C19H25Cl2N3S/c1-12(14-9-15(20)18(22)16(21)10-14)23-11-13-5-3-7-24(2)19(13)17-6-4-8-25-17/h4,6,8-10,12-13,19,23H,3,5,7,11,22H2,1-2H3/t12-,13+,19-/m0/s1. The lowest BCUT2D eigenvalue weighted by molar-refractivity contribution is 0.120. The summed E-state index contributed by atoms with van der Waals surface area (Å²) in [6, 6.07) is 8.88. The maximum Gasteiger partial charge on any atom is 0.0693 e. The van der Waals surface area contributed by atoms with Gasteiger partial charge in [0.25, 0.3) is 0 Å². The topological polar surface area (TPSA) is 41.3 Å². The molecule has 0 radical (unpaired) electrons. The molecule has 3 nitrogen and oxygen atoms in total. The van der Waals surface area contributed by atoms with Gasteiger partial charge in [-0.25, -0.2) is 0 Å². The molecule has 0 bridgehead atoms. The molecule has 0 saturated carbocycles. The van der Waals surface area contributed by atoms with E-state index in [-0.39, 0.29) is 6.04 Å². The third-order valence-corrected chi connectivity index (χ3v) is 6.70. The molecule has 1 aliphatic heterocycles. The van der Waals surface area contributed by atoms with Crippen molar-refractivity contribution in [3.63, 3.8) is 0 Å². The van der Waals surface area contributed by atoms with E-state index in [1.54, 1.807) is 0 Å². The van der Waals surface area contributed by atoms with Crippen LogP contribution in [0.25, 0.3) is 0 Å². The number of nitrogens with one attached hydrogen (secondary N) is 1. The van der Waals surface area contributed by atoms with Gasteiger partial charge >= 0.3 is 0 Å². The summed E-state index contributed by atoms with van der Waals surface area (Å²) < 4.78 is 0. The van der Waals surface area contributed by atoms with Crippen molar-refractivity contribution in [1.82, 2.24) is 10.2 Å². The number of hydrogen-bond acceptors (Lipinski definition) is 4. The van der Waals surface area contributed by atoms with Gasteiger partial charge in [-0.05, 0) is 68.4 Å². The van der Waals surface area contributed by atoms with Crippen molar-refractivity contribution in [3.05, 3.63) is 50.1 Å². The minimum absolute atomic E-state index is 0.173. The molecule has 136 valence electrons. The third-order valence-electron chi connectivity index (χ3n) is 5.13. The van der Waals surface area contributed by atoms with Crippen molar-refractivity contribution in [2.75, 3.05) is 25.9 Å². The first-order chi connectivity index (χ1) is 12.0. The predicted molar refractivity (Wildman–Crippen MR) is 110 cm³/mol. The van der Waals surface area contributed by atoms with Gasteiger partial charge in [0.05, 0.1) is 15.7 Å². The van der Waals surface area contributed by atoms with Crippen LogP contribution >= 0.6 is 34.5 Å². The lowest BCUT2D eigenvalue weighted by atomic mass is 9.88. The summed E-state index contributed by atoms with van der Waals surface area (Å²) in [5.41, 5.74) is 7.36. The van der Waals surface area contributed by atoms with Crippen LogP contribution in [-0.2, 0) is 0 Å². The second-order valence-electron chi connectivity index (χ2n) is 6.87. The number of anilines is 1. The molecule has 3 rings (SSSR count). The minimum atomic E-state index is 0.173. The molecule has 2 heterocycles. The summed E-state index contributed by atoms with van der Waals surface area (Å²) in [7, 11) is 2.24. The summed E-state index contributed by atoms with van der Waals surface area (Å²) in [6.45, 7) is 4.27. The average molecular weight is 398 g/mol. The maximum atomic E-state index is 6.18. The van der Waals surface area contributed by atoms with Crippen molar-refractivity contribution >= 4 is 40.2 Å². The summed E-state index contributed by atoms with van der Waals surface area (Å²) in [6.07, 6.45) is 2.49. The Morgan fingerprint density at radius 1 is 1.36 bits per heavy atom. The van der Waals surface area contributed by atoms with E-state index < -0.39 is 0 Å². The van der Waals surface area contributed by atoms with Crippen LogP contribution in [0.4, 0.5) is 5.69 Å². The number of nitrogens with zero attached hydrogens (tertiary/aromatic N) is 1. The summed E-state index contributed by atoms with van der Waals surface area (Å²) in [5.74, 6) is 0.597. The quantitative estimate of drug-likeness (QED) is 0.666. The lowest BCUT2D eigenvalue weighted by Crippen LogP contribution is -2.40. The van der Waals surface area contributed by atoms with Crippen molar-refractivity contribution < 1.29 is 0 Å². The molecule has 3 atom stereocenters. The van der Waals surface area contributed by atoms with Gasteiger partial charge in [-0.2, -0.15) is 0 Å². The zero-order valence-electron chi connectivity index (χ0n) is 14.6. The fraction of sp³-hybridized carbons (Fsp3) is 0.474. The highest BCUT2D eigenvalue weighted by Crippen LogP contribution is 2.37. The number of piperidine rings is 1. The van der Waals surface area contributed by atoms with Crippen molar-refractivity contribution in [1.29, 1.82) is 0 Å². The van der Waals surface area contributed by atoms with Crippen LogP contribution in [0.2, 0.25) is 10.0 Å². The highest BCUT2D eigenvalue weighted by atomic mass is 35.5. The largest absolute Gasteiger partial charge is 0.396 e. The molecule has 1 aliphatic rings. The Hall–Kier alpha value is -0.780. The normalized spacial score (nSPS) is 22.9. The van der Waals surface area contributed by atoms with E-state index in [2.05, 4.69) is 41.7 Å². The van der Waals surface area contributed by atoms with Crippen molar-refractivity contribution in [2.24, 2.45) is 5.92 Å². The number of benzene rings is 1. The fourth-order valence-electron chi connectivity index (χ4n) is 3.68. The highest BCUT2D eigenvalue weighted by Gasteiger charge is 2.31.